The predicted octanol–water partition coefficient (Wildman–Crippen LogP) is 0.992. The summed E-state index contributed by atoms with van der Waals surface area (Å²) in [6, 6.07) is 4.32. The van der Waals surface area contributed by atoms with Crippen molar-refractivity contribution < 1.29 is 22.4 Å². The third-order valence-electron chi connectivity index (χ3n) is 5.17. The van der Waals surface area contributed by atoms with E-state index in [1.165, 1.54) is 27.1 Å². The molecule has 1 aromatic carbocycles. The van der Waals surface area contributed by atoms with E-state index in [0.717, 1.165) is 12.8 Å². The molecule has 2 aliphatic rings. The van der Waals surface area contributed by atoms with Crippen molar-refractivity contribution in [3.05, 3.63) is 28.7 Å². The first-order valence-corrected chi connectivity index (χ1v) is 9.60. The topological polar surface area (TPSA) is 98.8 Å². The minimum Gasteiger partial charge on any atom is -0.463 e. The number of nitrogens with zero attached hydrogens (tertiary/aromatic N) is 2. The van der Waals surface area contributed by atoms with E-state index in [4.69, 9.17) is 9.15 Å². The fraction of sp³-hybridized carbons (Fsp3) is 0.500. The zero-order valence-corrected chi connectivity index (χ0v) is 14.5. The SMILES string of the molecule is Cn1c(=O)oc2cc(S(=O)(=O)N3CCOC(=O)C34CCCC4)ccc21. The van der Waals surface area contributed by atoms with Crippen molar-refractivity contribution in [1.29, 1.82) is 0 Å². The van der Waals surface area contributed by atoms with E-state index in [1.54, 1.807) is 7.05 Å². The molecule has 1 aliphatic heterocycles. The van der Waals surface area contributed by atoms with E-state index in [1.807, 2.05) is 0 Å². The largest absolute Gasteiger partial charge is 0.463 e. The van der Waals surface area contributed by atoms with Gasteiger partial charge in [0, 0.05) is 19.7 Å². The van der Waals surface area contributed by atoms with Crippen molar-refractivity contribution in [2.75, 3.05) is 13.2 Å². The van der Waals surface area contributed by atoms with Crippen molar-refractivity contribution in [3.63, 3.8) is 0 Å². The van der Waals surface area contributed by atoms with Crippen LogP contribution in [0.25, 0.3) is 11.1 Å². The van der Waals surface area contributed by atoms with E-state index in [2.05, 4.69) is 0 Å². The van der Waals surface area contributed by atoms with Gasteiger partial charge in [-0.2, -0.15) is 4.31 Å². The van der Waals surface area contributed by atoms with Crippen LogP contribution in [0, 0.1) is 0 Å². The summed E-state index contributed by atoms with van der Waals surface area (Å²) in [5.74, 6) is -1.02. The predicted molar refractivity (Wildman–Crippen MR) is 87.5 cm³/mol. The molecule has 4 rings (SSSR count). The molecule has 1 aliphatic carbocycles. The van der Waals surface area contributed by atoms with Crippen LogP contribution in [0.15, 0.2) is 32.3 Å². The Hall–Kier alpha value is -2.13. The standard InChI is InChI=1S/C16H18N2O6S/c1-17-12-5-4-11(10-13(12)24-15(17)20)25(21,22)18-8-9-23-14(19)16(18)6-2-3-7-16/h4-5,10H,2-3,6-9H2,1H3. The van der Waals surface area contributed by atoms with Gasteiger partial charge >= 0.3 is 11.7 Å². The Morgan fingerprint density at radius 3 is 2.60 bits per heavy atom. The lowest BCUT2D eigenvalue weighted by Gasteiger charge is -2.41. The van der Waals surface area contributed by atoms with E-state index in [0.29, 0.717) is 18.4 Å². The summed E-state index contributed by atoms with van der Waals surface area (Å²) < 4.78 is 39.3. The Balaban J connectivity index is 1.83. The van der Waals surface area contributed by atoms with Crippen molar-refractivity contribution in [1.82, 2.24) is 8.87 Å². The molecule has 1 spiro atoms. The Morgan fingerprint density at radius 1 is 1.16 bits per heavy atom. The van der Waals surface area contributed by atoms with Gasteiger partial charge in [-0.05, 0) is 25.0 Å². The molecule has 8 nitrogen and oxygen atoms in total. The molecule has 9 heteroatoms. The Kier molecular flexibility index (Phi) is 3.55. The van der Waals surface area contributed by atoms with Crippen LogP contribution in [0.5, 0.6) is 0 Å². The van der Waals surface area contributed by atoms with Crippen LogP contribution in [0.2, 0.25) is 0 Å². The van der Waals surface area contributed by atoms with Gasteiger partial charge in [-0.1, -0.05) is 12.8 Å². The highest BCUT2D eigenvalue weighted by Gasteiger charge is 2.54. The first kappa shape index (κ1) is 16.3. The number of hydrogen-bond donors (Lipinski definition) is 0. The fourth-order valence-electron chi connectivity index (χ4n) is 3.84. The van der Waals surface area contributed by atoms with Gasteiger partial charge in [0.05, 0.1) is 10.4 Å². The van der Waals surface area contributed by atoms with Gasteiger partial charge in [0.25, 0.3) is 0 Å². The van der Waals surface area contributed by atoms with Gasteiger partial charge in [-0.25, -0.2) is 13.2 Å². The normalized spacial score (nSPS) is 21.1. The molecule has 0 N–H and O–H groups in total. The van der Waals surface area contributed by atoms with Crippen LogP contribution in [-0.2, 0) is 26.6 Å². The highest BCUT2D eigenvalue weighted by atomic mass is 32.2. The maximum atomic E-state index is 13.2. The molecule has 0 atom stereocenters. The average molecular weight is 366 g/mol. The number of benzene rings is 1. The number of carbonyl (C=O) groups excluding carboxylic acids is 1. The molecule has 1 saturated carbocycles. The van der Waals surface area contributed by atoms with Crippen LogP contribution < -0.4 is 5.76 Å². The second-order valence-electron chi connectivity index (χ2n) is 6.51. The molecular weight excluding hydrogens is 348 g/mol. The summed E-state index contributed by atoms with van der Waals surface area (Å²) in [5, 5.41) is 0. The smallest absolute Gasteiger partial charge is 0.419 e. The second kappa shape index (κ2) is 5.43. The van der Waals surface area contributed by atoms with Gasteiger partial charge in [-0.15, -0.1) is 0 Å². The molecular formula is C16H18N2O6S. The summed E-state index contributed by atoms with van der Waals surface area (Å²) >= 11 is 0. The molecule has 0 bridgehead atoms. The maximum absolute atomic E-state index is 13.2. The van der Waals surface area contributed by atoms with Crippen molar-refractivity contribution >= 4 is 27.1 Å². The van der Waals surface area contributed by atoms with Crippen molar-refractivity contribution in [2.45, 2.75) is 36.1 Å². The summed E-state index contributed by atoms with van der Waals surface area (Å²) in [5.41, 5.74) is -0.393. The second-order valence-corrected chi connectivity index (χ2v) is 8.37. The van der Waals surface area contributed by atoms with Crippen molar-refractivity contribution in [2.24, 2.45) is 7.05 Å². The highest BCUT2D eigenvalue weighted by molar-refractivity contribution is 7.89. The average Bonchev–Trinajstić information content (AvgIpc) is 3.16. The number of ether oxygens (including phenoxy) is 1. The monoisotopic (exact) mass is 366 g/mol. The Morgan fingerprint density at radius 2 is 1.88 bits per heavy atom. The highest BCUT2D eigenvalue weighted by Crippen LogP contribution is 2.41. The Bertz CT molecular complexity index is 1010. The molecule has 0 amide bonds. The van der Waals surface area contributed by atoms with Crippen molar-refractivity contribution in [3.8, 4) is 0 Å². The number of rotatable bonds is 2. The molecule has 2 aromatic rings. The van der Waals surface area contributed by atoms with Crippen LogP contribution >= 0.6 is 0 Å². The number of aromatic nitrogens is 1. The number of hydrogen-bond acceptors (Lipinski definition) is 6. The van der Waals surface area contributed by atoms with E-state index >= 15 is 0 Å². The quantitative estimate of drug-likeness (QED) is 0.735. The first-order chi connectivity index (χ1) is 11.9. The summed E-state index contributed by atoms with van der Waals surface area (Å²) in [6.07, 6.45) is 2.50. The number of oxazole rings is 1. The minimum atomic E-state index is -3.92. The van der Waals surface area contributed by atoms with Crippen LogP contribution in [-0.4, -0.2) is 41.9 Å². The van der Waals surface area contributed by atoms with E-state index in [9.17, 15) is 18.0 Å². The van der Waals surface area contributed by atoms with Crippen LogP contribution in [0.3, 0.4) is 0 Å². The molecule has 1 saturated heterocycles. The fourth-order valence-corrected chi connectivity index (χ4v) is 5.62. The zero-order valence-electron chi connectivity index (χ0n) is 13.7. The number of aryl methyl sites for hydroxylation is 1. The lowest BCUT2D eigenvalue weighted by Crippen LogP contribution is -2.60. The molecule has 134 valence electrons. The summed E-state index contributed by atoms with van der Waals surface area (Å²) in [6.45, 7) is 0.174. The lowest BCUT2D eigenvalue weighted by atomic mass is 9.97. The molecule has 2 fully saturated rings. The number of esters is 1. The molecule has 0 radical (unpaired) electrons. The van der Waals surface area contributed by atoms with Crippen LogP contribution in [0.1, 0.15) is 25.7 Å². The minimum absolute atomic E-state index is 0.00956. The summed E-state index contributed by atoms with van der Waals surface area (Å²) in [4.78, 5) is 24.0. The van der Waals surface area contributed by atoms with Gasteiger partial charge in [0.1, 0.15) is 12.1 Å². The van der Waals surface area contributed by atoms with Gasteiger partial charge in [-0.3, -0.25) is 9.36 Å². The number of carbonyl (C=O) groups is 1. The lowest BCUT2D eigenvalue weighted by molar-refractivity contribution is -0.162. The third-order valence-corrected chi connectivity index (χ3v) is 7.13. The third kappa shape index (κ3) is 2.26. The molecule has 0 unspecified atom stereocenters. The number of morpholine rings is 1. The van der Waals surface area contributed by atoms with Gasteiger partial charge < -0.3 is 9.15 Å². The number of cyclic esters (lactones) is 1. The summed E-state index contributed by atoms with van der Waals surface area (Å²) in [7, 11) is -2.37. The first-order valence-electron chi connectivity index (χ1n) is 8.16. The zero-order chi connectivity index (χ0) is 17.8. The van der Waals surface area contributed by atoms with Crippen LogP contribution in [0.4, 0.5) is 0 Å². The Labute approximate surface area is 144 Å². The van der Waals surface area contributed by atoms with E-state index < -0.39 is 27.3 Å². The number of fused-ring (bicyclic) bond motifs is 1. The van der Waals surface area contributed by atoms with Gasteiger partial charge in [0.2, 0.25) is 10.0 Å². The maximum Gasteiger partial charge on any atom is 0.419 e. The van der Waals surface area contributed by atoms with E-state index in [-0.39, 0.29) is 23.6 Å². The molecule has 25 heavy (non-hydrogen) atoms. The van der Waals surface area contributed by atoms with Gasteiger partial charge in [0.15, 0.2) is 5.58 Å². The molecule has 2 heterocycles. The molecule has 1 aromatic heterocycles. The number of sulfonamides is 1.